The van der Waals surface area contributed by atoms with E-state index in [1.54, 1.807) is 11.3 Å². The van der Waals surface area contributed by atoms with Gasteiger partial charge >= 0.3 is 0 Å². The number of aromatic nitrogens is 2. The van der Waals surface area contributed by atoms with E-state index in [0.29, 0.717) is 5.82 Å². The van der Waals surface area contributed by atoms with Crippen molar-refractivity contribution in [3.8, 4) is 0 Å². The summed E-state index contributed by atoms with van der Waals surface area (Å²) >= 11 is 1.59. The molecular formula is C24H31N5OS. The largest absolute Gasteiger partial charge is 0.375 e. The Hall–Kier alpha value is -2.38. The third-order valence-corrected chi connectivity index (χ3v) is 7.75. The highest BCUT2D eigenvalue weighted by Crippen LogP contribution is 2.31. The van der Waals surface area contributed by atoms with Crippen LogP contribution in [0.25, 0.3) is 10.2 Å². The summed E-state index contributed by atoms with van der Waals surface area (Å²) in [4.78, 5) is 27.4. The predicted molar refractivity (Wildman–Crippen MR) is 130 cm³/mol. The van der Waals surface area contributed by atoms with Crippen molar-refractivity contribution < 1.29 is 0 Å². The number of hydrogen-bond acceptors (Lipinski definition) is 6. The quantitative estimate of drug-likeness (QED) is 0.602. The SMILES string of the molecule is Cc1sc2nc(C(C)Nc3cccc(N4CCN(CC5CC5)CC4)c3)[nH]c(=O)c2c1C. The number of anilines is 2. The normalized spacial score (nSPS) is 18.5. The number of aryl methyl sites for hydroxylation is 2. The Labute approximate surface area is 187 Å². The zero-order valence-corrected chi connectivity index (χ0v) is 19.4. The fourth-order valence-corrected chi connectivity index (χ4v) is 5.48. The van der Waals surface area contributed by atoms with E-state index in [9.17, 15) is 4.79 Å². The van der Waals surface area contributed by atoms with Crippen LogP contribution in [0.2, 0.25) is 0 Å². The lowest BCUT2D eigenvalue weighted by molar-refractivity contribution is 0.248. The summed E-state index contributed by atoms with van der Waals surface area (Å²) < 4.78 is 0. The Morgan fingerprint density at radius 2 is 2.00 bits per heavy atom. The first-order valence-corrected chi connectivity index (χ1v) is 12.1. The van der Waals surface area contributed by atoms with Crippen molar-refractivity contribution in [2.45, 2.75) is 39.7 Å². The second-order valence-electron chi connectivity index (χ2n) is 9.06. The van der Waals surface area contributed by atoms with E-state index in [1.165, 1.54) is 25.1 Å². The summed E-state index contributed by atoms with van der Waals surface area (Å²) in [5.41, 5.74) is 3.29. The third-order valence-electron chi connectivity index (χ3n) is 6.65. The van der Waals surface area contributed by atoms with Gasteiger partial charge in [-0.1, -0.05) is 6.07 Å². The van der Waals surface area contributed by atoms with Crippen LogP contribution in [0.3, 0.4) is 0 Å². The maximum Gasteiger partial charge on any atom is 0.259 e. The molecule has 5 rings (SSSR count). The van der Waals surface area contributed by atoms with Gasteiger partial charge in [-0.05, 0) is 63.3 Å². The molecule has 1 aliphatic heterocycles. The molecule has 1 saturated carbocycles. The molecule has 2 N–H and O–H groups in total. The fourth-order valence-electron chi connectivity index (χ4n) is 4.44. The predicted octanol–water partition coefficient (Wildman–Crippen LogP) is 4.31. The number of thiophene rings is 1. The number of fused-ring (bicyclic) bond motifs is 1. The molecule has 3 aromatic rings. The monoisotopic (exact) mass is 437 g/mol. The number of benzene rings is 1. The Balaban J connectivity index is 1.28. The Morgan fingerprint density at radius 3 is 2.74 bits per heavy atom. The first-order chi connectivity index (χ1) is 15.0. The molecule has 31 heavy (non-hydrogen) atoms. The van der Waals surface area contributed by atoms with Gasteiger partial charge in [-0.25, -0.2) is 4.98 Å². The van der Waals surface area contributed by atoms with Crippen molar-refractivity contribution in [3.63, 3.8) is 0 Å². The molecule has 0 spiro atoms. The van der Waals surface area contributed by atoms with E-state index in [2.05, 4.69) is 44.4 Å². The van der Waals surface area contributed by atoms with E-state index in [0.717, 1.165) is 58.4 Å². The average molecular weight is 438 g/mol. The van der Waals surface area contributed by atoms with Crippen LogP contribution in [-0.4, -0.2) is 47.6 Å². The number of hydrogen-bond donors (Lipinski definition) is 2. The number of piperazine rings is 1. The number of rotatable bonds is 6. The van der Waals surface area contributed by atoms with Gasteiger partial charge in [-0.3, -0.25) is 9.69 Å². The molecule has 2 fully saturated rings. The average Bonchev–Trinajstić information content (AvgIpc) is 3.52. The van der Waals surface area contributed by atoms with Gasteiger partial charge in [0.25, 0.3) is 5.56 Å². The molecule has 164 valence electrons. The third kappa shape index (κ3) is 4.34. The topological polar surface area (TPSA) is 64.3 Å². The summed E-state index contributed by atoms with van der Waals surface area (Å²) in [6, 6.07) is 8.50. The van der Waals surface area contributed by atoms with Crippen molar-refractivity contribution in [2.24, 2.45) is 5.92 Å². The lowest BCUT2D eigenvalue weighted by Crippen LogP contribution is -2.47. The van der Waals surface area contributed by atoms with Gasteiger partial charge in [0.15, 0.2) is 0 Å². The molecule has 1 saturated heterocycles. The number of nitrogens with zero attached hydrogens (tertiary/aromatic N) is 3. The van der Waals surface area contributed by atoms with Crippen LogP contribution in [0.15, 0.2) is 29.1 Å². The van der Waals surface area contributed by atoms with Crippen LogP contribution >= 0.6 is 11.3 Å². The number of H-pyrrole nitrogens is 1. The second kappa shape index (κ2) is 8.28. The molecule has 7 heteroatoms. The van der Waals surface area contributed by atoms with Gasteiger partial charge in [0.1, 0.15) is 10.7 Å². The molecule has 1 unspecified atom stereocenters. The van der Waals surface area contributed by atoms with Gasteiger partial charge in [-0.2, -0.15) is 0 Å². The molecular weight excluding hydrogens is 406 g/mol. The molecule has 1 atom stereocenters. The van der Waals surface area contributed by atoms with E-state index in [4.69, 9.17) is 4.98 Å². The summed E-state index contributed by atoms with van der Waals surface area (Å²) in [6.07, 6.45) is 2.84. The highest BCUT2D eigenvalue weighted by Gasteiger charge is 2.26. The minimum atomic E-state index is -0.0922. The zero-order valence-electron chi connectivity index (χ0n) is 18.6. The molecule has 2 aromatic heterocycles. The van der Waals surface area contributed by atoms with Gasteiger partial charge in [0, 0.05) is 49.0 Å². The first kappa shape index (κ1) is 20.5. The van der Waals surface area contributed by atoms with Crippen LogP contribution < -0.4 is 15.8 Å². The molecule has 1 aromatic carbocycles. The zero-order chi connectivity index (χ0) is 21.5. The van der Waals surface area contributed by atoms with E-state index in [-0.39, 0.29) is 11.6 Å². The van der Waals surface area contributed by atoms with Crippen LogP contribution in [0, 0.1) is 19.8 Å². The molecule has 0 bridgehead atoms. The highest BCUT2D eigenvalue weighted by molar-refractivity contribution is 7.18. The van der Waals surface area contributed by atoms with Crippen LogP contribution in [0.5, 0.6) is 0 Å². The molecule has 6 nitrogen and oxygen atoms in total. The molecule has 2 aliphatic rings. The highest BCUT2D eigenvalue weighted by atomic mass is 32.1. The van der Waals surface area contributed by atoms with Gasteiger partial charge in [0.05, 0.1) is 11.4 Å². The number of aromatic amines is 1. The minimum Gasteiger partial charge on any atom is -0.375 e. The minimum absolute atomic E-state index is 0.0479. The van der Waals surface area contributed by atoms with Crippen LogP contribution in [0.4, 0.5) is 11.4 Å². The van der Waals surface area contributed by atoms with E-state index >= 15 is 0 Å². The molecule has 0 radical (unpaired) electrons. The van der Waals surface area contributed by atoms with E-state index in [1.807, 2.05) is 20.8 Å². The summed E-state index contributed by atoms with van der Waals surface area (Å²) in [7, 11) is 0. The van der Waals surface area contributed by atoms with Crippen LogP contribution in [-0.2, 0) is 0 Å². The lowest BCUT2D eigenvalue weighted by Gasteiger charge is -2.36. The van der Waals surface area contributed by atoms with Gasteiger partial charge in [-0.15, -0.1) is 11.3 Å². The standard InChI is InChI=1S/C24H31N5OS/c1-15-17(3)31-24-21(15)23(30)26-22(27-24)16(2)25-19-5-4-6-20(13-19)29-11-9-28(10-12-29)14-18-7-8-18/h4-6,13,16,18,25H,7-12,14H2,1-3H3,(H,26,27,30). The van der Waals surface area contributed by atoms with Crippen molar-refractivity contribution in [2.75, 3.05) is 42.9 Å². The maximum absolute atomic E-state index is 12.6. The Kier molecular flexibility index (Phi) is 5.48. The van der Waals surface area contributed by atoms with Crippen molar-refractivity contribution in [1.29, 1.82) is 0 Å². The molecule has 1 aliphatic carbocycles. The smallest absolute Gasteiger partial charge is 0.259 e. The summed E-state index contributed by atoms with van der Waals surface area (Å²) in [6.45, 7) is 11.8. The first-order valence-electron chi connectivity index (χ1n) is 11.3. The van der Waals surface area contributed by atoms with Crippen molar-refractivity contribution in [3.05, 3.63) is 50.9 Å². The second-order valence-corrected chi connectivity index (χ2v) is 10.3. The van der Waals surface area contributed by atoms with Crippen molar-refractivity contribution in [1.82, 2.24) is 14.9 Å². The molecule has 0 amide bonds. The van der Waals surface area contributed by atoms with Crippen molar-refractivity contribution >= 4 is 32.9 Å². The van der Waals surface area contributed by atoms with E-state index < -0.39 is 0 Å². The van der Waals surface area contributed by atoms with Gasteiger partial charge in [0.2, 0.25) is 0 Å². The Morgan fingerprint density at radius 1 is 1.23 bits per heavy atom. The summed E-state index contributed by atoms with van der Waals surface area (Å²) in [5.74, 6) is 1.64. The summed E-state index contributed by atoms with van der Waals surface area (Å²) in [5, 5.41) is 4.25. The maximum atomic E-state index is 12.6. The lowest BCUT2D eigenvalue weighted by atomic mass is 10.2. The van der Waals surface area contributed by atoms with Crippen LogP contribution in [0.1, 0.15) is 42.1 Å². The fraction of sp³-hybridized carbons (Fsp3) is 0.500. The number of nitrogens with one attached hydrogen (secondary N) is 2. The molecule has 3 heterocycles. The van der Waals surface area contributed by atoms with Gasteiger partial charge < -0.3 is 15.2 Å². The Bertz CT molecular complexity index is 1140.